The maximum Gasteiger partial charge on any atom is 0.194 e. The normalized spacial score (nSPS) is 16.6. The van der Waals surface area contributed by atoms with Gasteiger partial charge in [-0.05, 0) is 48.9 Å². The molecule has 1 aliphatic heterocycles. The van der Waals surface area contributed by atoms with Gasteiger partial charge in [-0.3, -0.25) is 4.79 Å². The van der Waals surface area contributed by atoms with Crippen LogP contribution in [0.3, 0.4) is 0 Å². The Kier molecular flexibility index (Phi) is 3.57. The Morgan fingerprint density at radius 2 is 2.10 bits per heavy atom. The lowest BCUT2D eigenvalue weighted by Gasteiger charge is -2.06. The maximum atomic E-state index is 12.6. The van der Waals surface area contributed by atoms with Crippen molar-refractivity contribution in [3.05, 3.63) is 62.6 Å². The molecule has 20 heavy (non-hydrogen) atoms. The molecule has 2 aromatic rings. The van der Waals surface area contributed by atoms with Crippen molar-refractivity contribution in [2.24, 2.45) is 0 Å². The van der Waals surface area contributed by atoms with Crippen LogP contribution in [-0.2, 0) is 6.42 Å². The van der Waals surface area contributed by atoms with Crippen LogP contribution in [0.2, 0.25) is 5.02 Å². The maximum absolute atomic E-state index is 12.6. The van der Waals surface area contributed by atoms with Gasteiger partial charge < -0.3 is 4.74 Å². The van der Waals surface area contributed by atoms with E-state index in [-0.39, 0.29) is 11.9 Å². The molecule has 2 nitrogen and oxygen atoms in total. The van der Waals surface area contributed by atoms with E-state index < -0.39 is 0 Å². The van der Waals surface area contributed by atoms with Gasteiger partial charge in [0.05, 0.1) is 5.02 Å². The van der Waals surface area contributed by atoms with Gasteiger partial charge in [0, 0.05) is 22.0 Å². The molecule has 0 fully saturated rings. The van der Waals surface area contributed by atoms with Crippen molar-refractivity contribution in [2.45, 2.75) is 19.4 Å². The average Bonchev–Trinajstić information content (AvgIpc) is 2.79. The van der Waals surface area contributed by atoms with E-state index in [0.29, 0.717) is 16.1 Å². The molecule has 2 aromatic carbocycles. The summed E-state index contributed by atoms with van der Waals surface area (Å²) in [5.41, 5.74) is 2.23. The number of ether oxygens (including phenoxy) is 1. The van der Waals surface area contributed by atoms with E-state index in [0.717, 1.165) is 22.2 Å². The monoisotopic (exact) mass is 350 g/mol. The van der Waals surface area contributed by atoms with Crippen LogP contribution >= 0.6 is 27.5 Å². The SMILES string of the molecule is CC1Cc2cc(C(=O)c3cc(Br)ccc3Cl)ccc2O1. The second kappa shape index (κ2) is 5.23. The Hall–Kier alpha value is -1.32. The molecule has 0 aliphatic carbocycles. The molecule has 1 atom stereocenters. The van der Waals surface area contributed by atoms with Crippen molar-refractivity contribution in [3.8, 4) is 5.75 Å². The summed E-state index contributed by atoms with van der Waals surface area (Å²) < 4.78 is 6.48. The van der Waals surface area contributed by atoms with Gasteiger partial charge in [0.15, 0.2) is 5.78 Å². The molecular formula is C16H12BrClO2. The highest BCUT2D eigenvalue weighted by molar-refractivity contribution is 9.10. The van der Waals surface area contributed by atoms with Crippen molar-refractivity contribution >= 4 is 33.3 Å². The third-order valence-corrected chi connectivity index (χ3v) is 4.15. The Balaban J connectivity index is 1.99. The first-order valence-corrected chi connectivity index (χ1v) is 7.51. The predicted molar refractivity (Wildman–Crippen MR) is 82.8 cm³/mol. The smallest absolute Gasteiger partial charge is 0.194 e. The molecule has 0 saturated carbocycles. The number of carbonyl (C=O) groups excluding carboxylic acids is 1. The highest BCUT2D eigenvalue weighted by Crippen LogP contribution is 2.31. The van der Waals surface area contributed by atoms with E-state index in [2.05, 4.69) is 15.9 Å². The first-order valence-electron chi connectivity index (χ1n) is 6.34. The first-order chi connectivity index (χ1) is 9.54. The molecular weight excluding hydrogens is 340 g/mol. The molecule has 1 unspecified atom stereocenters. The molecule has 0 saturated heterocycles. The summed E-state index contributed by atoms with van der Waals surface area (Å²) in [6, 6.07) is 10.8. The second-order valence-corrected chi connectivity index (χ2v) is 6.23. The van der Waals surface area contributed by atoms with Gasteiger partial charge in [0.2, 0.25) is 0 Å². The topological polar surface area (TPSA) is 26.3 Å². The molecule has 102 valence electrons. The fraction of sp³-hybridized carbons (Fsp3) is 0.188. The van der Waals surface area contributed by atoms with Crippen molar-refractivity contribution < 1.29 is 9.53 Å². The standard InChI is InChI=1S/C16H12BrClO2/c1-9-6-11-7-10(2-5-15(11)20-9)16(19)13-8-12(17)3-4-14(13)18/h2-5,7-9H,6H2,1H3. The minimum atomic E-state index is -0.0707. The van der Waals surface area contributed by atoms with Crippen LogP contribution in [-0.4, -0.2) is 11.9 Å². The summed E-state index contributed by atoms with van der Waals surface area (Å²) in [6.45, 7) is 2.02. The summed E-state index contributed by atoms with van der Waals surface area (Å²) >= 11 is 9.48. The van der Waals surface area contributed by atoms with E-state index in [1.54, 1.807) is 18.2 Å². The summed E-state index contributed by atoms with van der Waals surface area (Å²) in [4.78, 5) is 12.6. The van der Waals surface area contributed by atoms with Gasteiger partial charge in [-0.15, -0.1) is 0 Å². The molecule has 1 heterocycles. The van der Waals surface area contributed by atoms with E-state index in [9.17, 15) is 4.79 Å². The summed E-state index contributed by atoms with van der Waals surface area (Å²) in [6.07, 6.45) is 1.01. The van der Waals surface area contributed by atoms with E-state index in [4.69, 9.17) is 16.3 Å². The highest BCUT2D eigenvalue weighted by Gasteiger charge is 2.21. The minimum Gasteiger partial charge on any atom is -0.490 e. The lowest BCUT2D eigenvalue weighted by atomic mass is 10.00. The molecule has 0 aromatic heterocycles. The second-order valence-electron chi connectivity index (χ2n) is 4.91. The van der Waals surface area contributed by atoms with Crippen molar-refractivity contribution in [1.82, 2.24) is 0 Å². The van der Waals surface area contributed by atoms with Gasteiger partial charge in [-0.25, -0.2) is 0 Å². The van der Waals surface area contributed by atoms with Gasteiger partial charge in [-0.2, -0.15) is 0 Å². The minimum absolute atomic E-state index is 0.0707. The lowest BCUT2D eigenvalue weighted by Crippen LogP contribution is -2.05. The third kappa shape index (κ3) is 2.48. The van der Waals surface area contributed by atoms with Crippen LogP contribution in [0.5, 0.6) is 5.75 Å². The summed E-state index contributed by atoms with van der Waals surface area (Å²) in [5, 5.41) is 0.461. The number of hydrogen-bond donors (Lipinski definition) is 0. The highest BCUT2D eigenvalue weighted by atomic mass is 79.9. The van der Waals surface area contributed by atoms with Crippen molar-refractivity contribution in [1.29, 1.82) is 0 Å². The van der Waals surface area contributed by atoms with Gasteiger partial charge in [0.1, 0.15) is 11.9 Å². The molecule has 0 amide bonds. The van der Waals surface area contributed by atoms with Crippen LogP contribution in [0.15, 0.2) is 40.9 Å². The van der Waals surface area contributed by atoms with E-state index in [1.165, 1.54) is 0 Å². The van der Waals surface area contributed by atoms with Gasteiger partial charge in [-0.1, -0.05) is 27.5 Å². The molecule has 4 heteroatoms. The zero-order valence-electron chi connectivity index (χ0n) is 10.8. The summed E-state index contributed by atoms with van der Waals surface area (Å²) in [5.74, 6) is 0.799. The first kappa shape index (κ1) is 13.7. The van der Waals surface area contributed by atoms with Crippen LogP contribution in [0.25, 0.3) is 0 Å². The largest absolute Gasteiger partial charge is 0.490 e. The Morgan fingerprint density at radius 3 is 2.90 bits per heavy atom. The fourth-order valence-corrected chi connectivity index (χ4v) is 2.95. The van der Waals surface area contributed by atoms with Crippen LogP contribution in [0.1, 0.15) is 28.4 Å². The van der Waals surface area contributed by atoms with Crippen LogP contribution in [0, 0.1) is 0 Å². The number of hydrogen-bond acceptors (Lipinski definition) is 2. The zero-order valence-corrected chi connectivity index (χ0v) is 13.2. The van der Waals surface area contributed by atoms with Crippen LogP contribution < -0.4 is 4.74 Å². The van der Waals surface area contributed by atoms with Crippen molar-refractivity contribution in [3.63, 3.8) is 0 Å². The molecule has 0 bridgehead atoms. The van der Waals surface area contributed by atoms with E-state index >= 15 is 0 Å². The Morgan fingerprint density at radius 1 is 1.30 bits per heavy atom. The number of halogens is 2. The van der Waals surface area contributed by atoms with Gasteiger partial charge >= 0.3 is 0 Å². The molecule has 1 aliphatic rings. The molecule has 3 rings (SSSR count). The Labute approximate surface area is 130 Å². The Bertz CT molecular complexity index is 697. The molecule has 0 N–H and O–H groups in total. The van der Waals surface area contributed by atoms with E-state index in [1.807, 2.05) is 25.1 Å². The van der Waals surface area contributed by atoms with Crippen LogP contribution in [0.4, 0.5) is 0 Å². The van der Waals surface area contributed by atoms with Gasteiger partial charge in [0.25, 0.3) is 0 Å². The number of rotatable bonds is 2. The number of fused-ring (bicyclic) bond motifs is 1. The molecule has 0 spiro atoms. The quantitative estimate of drug-likeness (QED) is 0.736. The fourth-order valence-electron chi connectivity index (χ4n) is 2.39. The third-order valence-electron chi connectivity index (χ3n) is 3.33. The number of benzene rings is 2. The predicted octanol–water partition coefficient (Wildman–Crippen LogP) is 4.66. The lowest BCUT2D eigenvalue weighted by molar-refractivity contribution is 0.103. The number of ketones is 1. The number of carbonyl (C=O) groups is 1. The average molecular weight is 352 g/mol. The zero-order chi connectivity index (χ0) is 14.3. The molecule has 0 radical (unpaired) electrons. The van der Waals surface area contributed by atoms with Crippen molar-refractivity contribution in [2.75, 3.05) is 0 Å². The summed E-state index contributed by atoms with van der Waals surface area (Å²) in [7, 11) is 0.